The highest BCUT2D eigenvalue weighted by atomic mass is 19.3. The molecule has 1 N–H and O–H groups in total. The van der Waals surface area contributed by atoms with Gasteiger partial charge >= 0.3 is 23.9 Å². The molecule has 15 heteroatoms. The zero-order valence-electron chi connectivity index (χ0n) is 20.1. The third kappa shape index (κ3) is 5.64. The number of hydrogen-bond acceptors (Lipinski definition) is 6. The number of unbranched alkanes of at least 4 members (excludes halogenated alkanes) is 1. The number of alkyl halides is 6. The number of hydrogen-bond donors (Lipinski definition) is 1. The molecule has 1 aromatic rings. The quantitative estimate of drug-likeness (QED) is 0.394. The number of carbonyl (C=O) groups excluding carboxylic acids is 2. The molecule has 1 atom stereocenters. The van der Waals surface area contributed by atoms with Crippen molar-refractivity contribution in [3.05, 3.63) is 17.4 Å². The number of amides is 2. The summed E-state index contributed by atoms with van der Waals surface area (Å²) in [5.41, 5.74) is -0.0759. The molecule has 3 rings (SSSR count). The van der Waals surface area contributed by atoms with E-state index in [0.29, 0.717) is 25.8 Å². The van der Waals surface area contributed by atoms with Crippen LogP contribution >= 0.6 is 0 Å². The zero-order valence-corrected chi connectivity index (χ0v) is 20.1. The molecule has 0 aliphatic carbocycles. The van der Waals surface area contributed by atoms with Gasteiger partial charge in [0.1, 0.15) is 6.04 Å². The lowest BCUT2D eigenvalue weighted by Crippen LogP contribution is -2.67. The number of ether oxygens (including phenoxy) is 2. The molecule has 2 aliphatic heterocycles. The van der Waals surface area contributed by atoms with Gasteiger partial charge in [0.25, 0.3) is 0 Å². The lowest BCUT2D eigenvalue weighted by molar-refractivity contribution is -0.314. The summed E-state index contributed by atoms with van der Waals surface area (Å²) in [4.78, 5) is 29.9. The molecule has 0 saturated carbocycles. The second kappa shape index (κ2) is 10.8. The number of rotatable bonds is 8. The first-order chi connectivity index (χ1) is 17.3. The van der Waals surface area contributed by atoms with Crippen LogP contribution in [-0.2, 0) is 16.1 Å². The van der Waals surface area contributed by atoms with Crippen LogP contribution in [0.2, 0.25) is 0 Å². The van der Waals surface area contributed by atoms with Crippen molar-refractivity contribution in [2.75, 3.05) is 38.3 Å². The number of pyridine rings is 1. The van der Waals surface area contributed by atoms with E-state index in [2.05, 4.69) is 10.3 Å². The van der Waals surface area contributed by atoms with Gasteiger partial charge in [-0.15, -0.1) is 0 Å². The van der Waals surface area contributed by atoms with Crippen LogP contribution in [-0.4, -0.2) is 79.0 Å². The lowest BCUT2D eigenvalue weighted by atomic mass is 9.98. The van der Waals surface area contributed by atoms with Gasteiger partial charge < -0.3 is 19.7 Å². The molecule has 0 aromatic carbocycles. The zero-order chi connectivity index (χ0) is 27.6. The summed E-state index contributed by atoms with van der Waals surface area (Å²) < 4.78 is 107. The van der Waals surface area contributed by atoms with Crippen molar-refractivity contribution in [3.63, 3.8) is 0 Å². The Hall–Kier alpha value is -3.00. The maximum absolute atomic E-state index is 14.8. The van der Waals surface area contributed by atoms with E-state index in [1.54, 1.807) is 0 Å². The van der Waals surface area contributed by atoms with Crippen LogP contribution in [0.4, 0.5) is 41.3 Å². The minimum Gasteiger partial charge on any atom is -0.481 e. The summed E-state index contributed by atoms with van der Waals surface area (Å²) in [6.45, 7) is -1.72. The molecule has 2 aliphatic rings. The lowest BCUT2D eigenvalue weighted by Gasteiger charge is -2.43. The molecule has 8 nitrogen and oxygen atoms in total. The number of nitrogens with zero attached hydrogens (tertiary/aromatic N) is 3. The smallest absolute Gasteiger partial charge is 0.410 e. The summed E-state index contributed by atoms with van der Waals surface area (Å²) in [5.74, 6) is -19.3. The molecular weight excluding hydrogens is 517 g/mol. The van der Waals surface area contributed by atoms with Gasteiger partial charge in [0, 0.05) is 18.7 Å². The van der Waals surface area contributed by atoms with E-state index in [9.17, 15) is 40.3 Å². The van der Waals surface area contributed by atoms with Crippen LogP contribution in [0.3, 0.4) is 0 Å². The monoisotopic (exact) mass is 544 g/mol. The fraction of sp³-hybridized carbons (Fsp3) is 0.682. The van der Waals surface area contributed by atoms with E-state index in [-0.39, 0.29) is 23.6 Å². The van der Waals surface area contributed by atoms with Crippen molar-refractivity contribution in [2.24, 2.45) is 0 Å². The minimum absolute atomic E-state index is 0.0260. The predicted octanol–water partition coefficient (Wildman–Crippen LogP) is 3.97. The summed E-state index contributed by atoms with van der Waals surface area (Å²) in [6.07, 6.45) is 1.76. The molecule has 2 saturated heterocycles. The van der Waals surface area contributed by atoms with E-state index in [0.717, 1.165) is 19.6 Å². The maximum Gasteiger partial charge on any atom is 0.410 e. The van der Waals surface area contributed by atoms with E-state index in [4.69, 9.17) is 9.47 Å². The molecule has 1 unspecified atom stereocenters. The highest BCUT2D eigenvalue weighted by Gasteiger charge is 2.75. The largest absolute Gasteiger partial charge is 0.481 e. The standard InChI is InChI=1S/C22H27F7N4O4/c1-3-4-8-37-19(35)33-7-5-6-15(33)17(34)30-10-13-9-14(23)16(31-18(13)36-2)32-11-20(24,25)22(28,29)21(26,27)12-32/h9,15H,3-8,10-12H2,1-2H3,(H,30,34). The Balaban J connectivity index is 1.73. The first kappa shape index (κ1) is 28.6. The van der Waals surface area contributed by atoms with Crippen molar-refractivity contribution in [2.45, 2.75) is 63.0 Å². The van der Waals surface area contributed by atoms with Crippen molar-refractivity contribution >= 4 is 17.8 Å². The molecular formula is C22H27F7N4O4. The second-order valence-corrected chi connectivity index (χ2v) is 8.84. The fourth-order valence-corrected chi connectivity index (χ4v) is 4.12. The number of aromatic nitrogens is 1. The van der Waals surface area contributed by atoms with Gasteiger partial charge in [0.15, 0.2) is 11.6 Å². The number of nitrogens with one attached hydrogen (secondary N) is 1. The molecule has 0 bridgehead atoms. The van der Waals surface area contributed by atoms with Crippen molar-refractivity contribution in [1.82, 2.24) is 15.2 Å². The van der Waals surface area contributed by atoms with Gasteiger partial charge in [0.05, 0.1) is 26.8 Å². The second-order valence-electron chi connectivity index (χ2n) is 8.84. The topological polar surface area (TPSA) is 84.0 Å². The Labute approximate surface area is 208 Å². The van der Waals surface area contributed by atoms with Gasteiger partial charge in [-0.25, -0.2) is 9.18 Å². The molecule has 208 valence electrons. The van der Waals surface area contributed by atoms with Crippen molar-refractivity contribution in [1.29, 1.82) is 0 Å². The van der Waals surface area contributed by atoms with Crippen LogP contribution in [0.5, 0.6) is 5.88 Å². The van der Waals surface area contributed by atoms with Gasteiger partial charge in [-0.3, -0.25) is 9.69 Å². The third-order valence-electron chi connectivity index (χ3n) is 6.15. The molecule has 1 aromatic heterocycles. The van der Waals surface area contributed by atoms with Crippen molar-refractivity contribution < 1.29 is 49.8 Å². The van der Waals surface area contributed by atoms with Gasteiger partial charge in [-0.1, -0.05) is 13.3 Å². The van der Waals surface area contributed by atoms with Crippen LogP contribution in [0, 0.1) is 5.82 Å². The van der Waals surface area contributed by atoms with Crippen LogP contribution in [0.15, 0.2) is 6.07 Å². The van der Waals surface area contributed by atoms with Crippen LogP contribution < -0.4 is 15.0 Å². The highest BCUT2D eigenvalue weighted by Crippen LogP contribution is 2.50. The van der Waals surface area contributed by atoms with E-state index in [1.165, 1.54) is 4.90 Å². The molecule has 2 fully saturated rings. The SMILES string of the molecule is CCCCOC(=O)N1CCCC1C(=O)NCc1cc(F)c(N2CC(F)(F)C(F)(F)C(F)(F)C2)nc1OC. The van der Waals surface area contributed by atoms with Crippen molar-refractivity contribution in [3.8, 4) is 5.88 Å². The Kier molecular flexibility index (Phi) is 8.32. The van der Waals surface area contributed by atoms with E-state index in [1.807, 2.05) is 6.92 Å². The Bertz CT molecular complexity index is 991. The molecule has 3 heterocycles. The first-order valence-electron chi connectivity index (χ1n) is 11.6. The van der Waals surface area contributed by atoms with Crippen LogP contribution in [0.1, 0.15) is 38.2 Å². The van der Waals surface area contributed by atoms with E-state index >= 15 is 0 Å². The number of halogens is 7. The van der Waals surface area contributed by atoms with Crippen LogP contribution in [0.25, 0.3) is 0 Å². The molecule has 0 radical (unpaired) electrons. The highest BCUT2D eigenvalue weighted by molar-refractivity contribution is 5.86. The number of methoxy groups -OCH3 is 1. The van der Waals surface area contributed by atoms with Gasteiger partial charge in [-0.2, -0.15) is 31.3 Å². The predicted molar refractivity (Wildman–Crippen MR) is 116 cm³/mol. The van der Waals surface area contributed by atoms with E-state index < -0.39 is 66.4 Å². The summed E-state index contributed by atoms with van der Waals surface area (Å²) in [7, 11) is 1.08. The Morgan fingerprint density at radius 3 is 2.41 bits per heavy atom. The normalized spacial score (nSPS) is 22.0. The molecule has 37 heavy (non-hydrogen) atoms. The average molecular weight is 544 g/mol. The number of piperidine rings is 1. The average Bonchev–Trinajstić information content (AvgIpc) is 3.31. The first-order valence-corrected chi connectivity index (χ1v) is 11.6. The van der Waals surface area contributed by atoms with Gasteiger partial charge in [-0.05, 0) is 25.3 Å². The number of likely N-dealkylation sites (tertiary alicyclic amines) is 1. The summed E-state index contributed by atoms with van der Waals surface area (Å²) in [5, 5.41) is 2.50. The molecule has 0 spiro atoms. The number of carbonyl (C=O) groups is 2. The maximum atomic E-state index is 14.8. The minimum atomic E-state index is -5.63. The summed E-state index contributed by atoms with van der Waals surface area (Å²) >= 11 is 0. The number of anilines is 1. The van der Waals surface area contributed by atoms with Gasteiger partial charge in [0.2, 0.25) is 11.8 Å². The fourth-order valence-electron chi connectivity index (χ4n) is 4.12. The Morgan fingerprint density at radius 2 is 1.81 bits per heavy atom. The Morgan fingerprint density at radius 1 is 1.16 bits per heavy atom. The summed E-state index contributed by atoms with van der Waals surface area (Å²) in [6, 6.07) is -0.118. The molecule has 2 amide bonds. The third-order valence-corrected chi connectivity index (χ3v) is 6.15.